The van der Waals surface area contributed by atoms with E-state index < -0.39 is 0 Å². The summed E-state index contributed by atoms with van der Waals surface area (Å²) in [7, 11) is 0. The second-order valence-electron chi connectivity index (χ2n) is 3.85. The third kappa shape index (κ3) is 3.83. The largest absolute Gasteiger partial charge is 0.350 e. The Labute approximate surface area is 124 Å². The summed E-state index contributed by atoms with van der Waals surface area (Å²) in [6.45, 7) is 0.473. The first-order valence-electron chi connectivity index (χ1n) is 5.45. The van der Waals surface area contributed by atoms with Crippen LogP contribution in [0.25, 0.3) is 0 Å². The van der Waals surface area contributed by atoms with Gasteiger partial charge in [0.15, 0.2) is 4.80 Å². The number of nitrogens with one attached hydrogen (secondary N) is 2. The Morgan fingerprint density at radius 1 is 1.42 bits per heavy atom. The van der Waals surface area contributed by atoms with E-state index in [1.54, 1.807) is 34.3 Å². The number of nitrogens with zero attached hydrogens (tertiary/aromatic N) is 1. The van der Waals surface area contributed by atoms with Crippen LogP contribution in [-0.2, 0) is 17.9 Å². The molecule has 100 valence electrons. The average molecular weight is 316 g/mol. The first-order chi connectivity index (χ1) is 9.06. The van der Waals surface area contributed by atoms with Crippen LogP contribution in [0, 0.1) is 5.41 Å². The molecule has 19 heavy (non-hydrogen) atoms. The van der Waals surface area contributed by atoms with Gasteiger partial charge in [-0.15, -0.1) is 11.3 Å². The van der Waals surface area contributed by atoms with Crippen molar-refractivity contribution in [2.45, 2.75) is 13.1 Å². The lowest BCUT2D eigenvalue weighted by atomic mass is 10.2. The van der Waals surface area contributed by atoms with E-state index in [1.165, 1.54) is 11.3 Å². The minimum atomic E-state index is -0.164. The van der Waals surface area contributed by atoms with Gasteiger partial charge in [0.1, 0.15) is 6.54 Å². The topological polar surface area (TPSA) is 57.9 Å². The number of hydrogen-bond donors (Lipinski definition) is 2. The Balaban J connectivity index is 1.93. The zero-order chi connectivity index (χ0) is 13.8. The highest BCUT2D eigenvalue weighted by Crippen LogP contribution is 2.20. The van der Waals surface area contributed by atoms with Gasteiger partial charge in [-0.05, 0) is 17.7 Å². The van der Waals surface area contributed by atoms with Crippen molar-refractivity contribution in [1.82, 2.24) is 9.88 Å². The molecule has 0 unspecified atom stereocenters. The molecule has 0 saturated carbocycles. The quantitative estimate of drug-likeness (QED) is 0.895. The molecule has 0 aliphatic rings. The first-order valence-corrected chi connectivity index (χ1v) is 7.09. The van der Waals surface area contributed by atoms with Gasteiger partial charge < -0.3 is 9.88 Å². The summed E-state index contributed by atoms with van der Waals surface area (Å²) in [4.78, 5) is 12.1. The maximum absolute atomic E-state index is 11.7. The normalized spacial score (nSPS) is 10.4. The zero-order valence-corrected chi connectivity index (χ0v) is 12.1. The smallest absolute Gasteiger partial charge is 0.240 e. The van der Waals surface area contributed by atoms with E-state index in [4.69, 9.17) is 28.6 Å². The van der Waals surface area contributed by atoms with Gasteiger partial charge in [-0.2, -0.15) is 0 Å². The fourth-order valence-electron chi connectivity index (χ4n) is 1.50. The number of aromatic nitrogens is 1. The highest BCUT2D eigenvalue weighted by molar-refractivity contribution is 7.06. The van der Waals surface area contributed by atoms with Crippen LogP contribution in [0.1, 0.15) is 5.56 Å². The fraction of sp³-hybridized carbons (Fsp3) is 0.167. The number of carbonyl (C=O) groups is 1. The Morgan fingerprint density at radius 2 is 2.21 bits per heavy atom. The van der Waals surface area contributed by atoms with Crippen molar-refractivity contribution in [3.63, 3.8) is 0 Å². The van der Waals surface area contributed by atoms with Crippen molar-refractivity contribution in [1.29, 1.82) is 5.41 Å². The highest BCUT2D eigenvalue weighted by atomic mass is 35.5. The first kappa shape index (κ1) is 14.1. The van der Waals surface area contributed by atoms with Crippen molar-refractivity contribution in [2.24, 2.45) is 0 Å². The maximum Gasteiger partial charge on any atom is 0.240 e. The van der Waals surface area contributed by atoms with Gasteiger partial charge in [-0.25, -0.2) is 0 Å². The molecule has 0 fully saturated rings. The number of halogens is 2. The minimum Gasteiger partial charge on any atom is -0.350 e. The Hall–Kier alpha value is -1.30. The van der Waals surface area contributed by atoms with Gasteiger partial charge in [0, 0.05) is 28.2 Å². The number of carbonyl (C=O) groups excluding carboxylic acids is 1. The molecule has 2 N–H and O–H groups in total. The lowest BCUT2D eigenvalue weighted by molar-refractivity contribution is -0.121. The fourth-order valence-corrected chi connectivity index (χ4v) is 2.57. The molecule has 4 nitrogen and oxygen atoms in total. The molecule has 1 aromatic heterocycles. The zero-order valence-electron chi connectivity index (χ0n) is 9.82. The summed E-state index contributed by atoms with van der Waals surface area (Å²) in [6, 6.07) is 5.14. The molecule has 0 atom stereocenters. The van der Waals surface area contributed by atoms with Crippen molar-refractivity contribution in [3.8, 4) is 0 Å². The SMILES string of the molecule is N=c1sccn1CC(=O)NCc1ccc(Cl)cc1Cl. The second-order valence-corrected chi connectivity index (χ2v) is 5.59. The second kappa shape index (κ2) is 6.23. The molecule has 0 spiro atoms. The van der Waals surface area contributed by atoms with Gasteiger partial charge in [0.25, 0.3) is 0 Å². The molecule has 0 bridgehead atoms. The number of amides is 1. The maximum atomic E-state index is 11.7. The number of rotatable bonds is 4. The standard InChI is InChI=1S/C12H11Cl2N3OS/c13-9-2-1-8(10(14)5-9)6-16-11(18)7-17-3-4-19-12(17)15/h1-5,15H,6-7H2,(H,16,18). The predicted octanol–water partition coefficient (Wildman–Crippen LogP) is 2.65. The number of hydrogen-bond acceptors (Lipinski definition) is 3. The highest BCUT2D eigenvalue weighted by Gasteiger charge is 2.06. The van der Waals surface area contributed by atoms with Crippen LogP contribution in [0.3, 0.4) is 0 Å². The lowest BCUT2D eigenvalue weighted by Gasteiger charge is -2.07. The molecule has 1 amide bonds. The predicted molar refractivity (Wildman–Crippen MR) is 76.5 cm³/mol. The summed E-state index contributed by atoms with van der Waals surface area (Å²) in [5, 5.41) is 13.2. The molecule has 2 rings (SSSR count). The Morgan fingerprint density at radius 3 is 2.84 bits per heavy atom. The van der Waals surface area contributed by atoms with E-state index in [0.29, 0.717) is 21.4 Å². The van der Waals surface area contributed by atoms with E-state index >= 15 is 0 Å². The van der Waals surface area contributed by atoms with Crippen molar-refractivity contribution in [2.75, 3.05) is 0 Å². The third-order valence-corrected chi connectivity index (χ3v) is 3.79. The lowest BCUT2D eigenvalue weighted by Crippen LogP contribution is -2.29. The summed E-state index contributed by atoms with van der Waals surface area (Å²) in [5.74, 6) is -0.164. The molecule has 1 aromatic carbocycles. The number of thiazole rings is 1. The van der Waals surface area contributed by atoms with Crippen molar-refractivity contribution < 1.29 is 4.79 Å². The molecule has 2 aromatic rings. The van der Waals surface area contributed by atoms with Gasteiger partial charge in [-0.1, -0.05) is 29.3 Å². The Bertz CT molecular complexity index is 650. The van der Waals surface area contributed by atoms with Crippen LogP contribution < -0.4 is 10.1 Å². The van der Waals surface area contributed by atoms with Crippen LogP contribution in [-0.4, -0.2) is 10.5 Å². The molecular formula is C12H11Cl2N3OS. The van der Waals surface area contributed by atoms with Crippen LogP contribution >= 0.6 is 34.5 Å². The molecular weight excluding hydrogens is 305 g/mol. The minimum absolute atomic E-state index is 0.132. The van der Waals surface area contributed by atoms with Gasteiger partial charge in [0.05, 0.1) is 0 Å². The van der Waals surface area contributed by atoms with E-state index in [2.05, 4.69) is 5.32 Å². The summed E-state index contributed by atoms with van der Waals surface area (Å²) < 4.78 is 1.57. The molecule has 1 heterocycles. The van der Waals surface area contributed by atoms with E-state index in [1.807, 2.05) is 0 Å². The van der Waals surface area contributed by atoms with Gasteiger partial charge >= 0.3 is 0 Å². The molecule has 7 heteroatoms. The van der Waals surface area contributed by atoms with Gasteiger partial charge in [-0.3, -0.25) is 10.2 Å². The van der Waals surface area contributed by atoms with E-state index in [0.717, 1.165) is 5.56 Å². The third-order valence-electron chi connectivity index (χ3n) is 2.49. The van der Waals surface area contributed by atoms with Crippen LogP contribution in [0.15, 0.2) is 29.8 Å². The molecule has 0 saturated heterocycles. The van der Waals surface area contributed by atoms with Crippen molar-refractivity contribution >= 4 is 40.4 Å². The molecule has 0 aliphatic carbocycles. The number of benzene rings is 1. The summed E-state index contributed by atoms with van der Waals surface area (Å²) in [6.07, 6.45) is 1.71. The summed E-state index contributed by atoms with van der Waals surface area (Å²) in [5.41, 5.74) is 0.806. The molecule has 0 radical (unpaired) electrons. The van der Waals surface area contributed by atoms with E-state index in [9.17, 15) is 4.79 Å². The monoisotopic (exact) mass is 315 g/mol. The Kier molecular flexibility index (Phi) is 4.63. The average Bonchev–Trinajstić information content (AvgIpc) is 2.74. The van der Waals surface area contributed by atoms with E-state index in [-0.39, 0.29) is 12.5 Å². The van der Waals surface area contributed by atoms with Crippen LogP contribution in [0.5, 0.6) is 0 Å². The van der Waals surface area contributed by atoms with Crippen molar-refractivity contribution in [3.05, 3.63) is 50.2 Å². The van der Waals surface area contributed by atoms with Gasteiger partial charge in [0.2, 0.25) is 5.91 Å². The van der Waals surface area contributed by atoms with Crippen LogP contribution in [0.2, 0.25) is 10.0 Å². The summed E-state index contributed by atoms with van der Waals surface area (Å²) >= 11 is 13.1. The van der Waals surface area contributed by atoms with Crippen LogP contribution in [0.4, 0.5) is 0 Å². The molecule has 0 aliphatic heterocycles.